The Morgan fingerprint density at radius 1 is 1.35 bits per heavy atom. The lowest BCUT2D eigenvalue weighted by Gasteiger charge is -2.32. The second-order valence-corrected chi connectivity index (χ2v) is 6.36. The molecule has 0 saturated carbocycles. The number of ether oxygens (including phenoxy) is 1. The number of fused-ring (bicyclic) bond motifs is 1. The zero-order valence-corrected chi connectivity index (χ0v) is 13.8. The number of hydrogen-bond acceptors (Lipinski definition) is 5. The van der Waals surface area contributed by atoms with Crippen LogP contribution in [0.2, 0.25) is 0 Å². The van der Waals surface area contributed by atoms with Crippen molar-refractivity contribution in [1.82, 2.24) is 19.8 Å². The van der Waals surface area contributed by atoms with Crippen molar-refractivity contribution in [2.75, 3.05) is 26.3 Å². The van der Waals surface area contributed by atoms with Gasteiger partial charge in [0.15, 0.2) is 0 Å². The minimum atomic E-state index is -0.121. The van der Waals surface area contributed by atoms with Crippen LogP contribution in [0.4, 0.5) is 0 Å². The molecule has 3 heterocycles. The van der Waals surface area contributed by atoms with Crippen LogP contribution in [0.5, 0.6) is 0 Å². The molecular weight excluding hydrogens is 296 g/mol. The SMILES string of the molecule is Cc1nc2c(c(=O)[nH]1)CN(C(=O)CCC(C)N1CCOCC1)C2. The van der Waals surface area contributed by atoms with Crippen LogP contribution in [0.25, 0.3) is 0 Å². The summed E-state index contributed by atoms with van der Waals surface area (Å²) in [5, 5.41) is 0. The Balaban J connectivity index is 1.54. The first-order valence-electron chi connectivity index (χ1n) is 8.23. The van der Waals surface area contributed by atoms with E-state index in [1.54, 1.807) is 11.8 Å². The number of nitrogens with one attached hydrogen (secondary N) is 1. The van der Waals surface area contributed by atoms with Gasteiger partial charge in [0.25, 0.3) is 5.56 Å². The molecule has 0 bridgehead atoms. The highest BCUT2D eigenvalue weighted by molar-refractivity contribution is 5.76. The van der Waals surface area contributed by atoms with Crippen LogP contribution >= 0.6 is 0 Å². The van der Waals surface area contributed by atoms with Gasteiger partial charge in [-0.15, -0.1) is 0 Å². The lowest BCUT2D eigenvalue weighted by Crippen LogP contribution is -2.42. The molecule has 2 aliphatic rings. The smallest absolute Gasteiger partial charge is 0.256 e. The molecule has 3 rings (SSSR count). The van der Waals surface area contributed by atoms with Gasteiger partial charge >= 0.3 is 0 Å². The molecule has 0 aliphatic carbocycles. The average molecular weight is 320 g/mol. The Morgan fingerprint density at radius 2 is 2.09 bits per heavy atom. The van der Waals surface area contributed by atoms with Gasteiger partial charge in [-0.05, 0) is 20.3 Å². The van der Waals surface area contributed by atoms with Crippen molar-refractivity contribution in [2.24, 2.45) is 0 Å². The Morgan fingerprint density at radius 3 is 2.83 bits per heavy atom. The molecule has 7 heteroatoms. The number of nitrogens with zero attached hydrogens (tertiary/aromatic N) is 3. The minimum Gasteiger partial charge on any atom is -0.379 e. The zero-order chi connectivity index (χ0) is 16.4. The van der Waals surface area contributed by atoms with Crippen molar-refractivity contribution in [3.63, 3.8) is 0 Å². The van der Waals surface area contributed by atoms with E-state index in [0.717, 1.165) is 38.4 Å². The highest BCUT2D eigenvalue weighted by Crippen LogP contribution is 2.19. The molecule has 0 radical (unpaired) electrons. The van der Waals surface area contributed by atoms with Crippen molar-refractivity contribution in [3.8, 4) is 0 Å². The highest BCUT2D eigenvalue weighted by Gasteiger charge is 2.27. The molecule has 1 N–H and O–H groups in total. The maximum absolute atomic E-state index is 12.4. The average Bonchev–Trinajstić information content (AvgIpc) is 2.97. The molecular formula is C16H24N4O3. The van der Waals surface area contributed by atoms with Crippen LogP contribution < -0.4 is 5.56 Å². The van der Waals surface area contributed by atoms with Gasteiger partial charge < -0.3 is 14.6 Å². The summed E-state index contributed by atoms with van der Waals surface area (Å²) >= 11 is 0. The number of H-pyrrole nitrogens is 1. The molecule has 23 heavy (non-hydrogen) atoms. The number of aromatic amines is 1. The first-order valence-corrected chi connectivity index (χ1v) is 8.23. The maximum atomic E-state index is 12.4. The number of hydrogen-bond donors (Lipinski definition) is 1. The van der Waals surface area contributed by atoms with Crippen LogP contribution in [-0.2, 0) is 22.6 Å². The second kappa shape index (κ2) is 6.80. The third-order valence-electron chi connectivity index (χ3n) is 4.71. The number of aryl methyl sites for hydroxylation is 1. The standard InChI is InChI=1S/C16H24N4O3/c1-11(19-5-7-23-8-6-19)3-4-15(21)20-9-13-14(10-20)17-12(2)18-16(13)22/h11H,3-10H2,1-2H3,(H,17,18,22). The Kier molecular flexibility index (Phi) is 4.77. The van der Waals surface area contributed by atoms with Gasteiger partial charge in [0, 0.05) is 25.6 Å². The summed E-state index contributed by atoms with van der Waals surface area (Å²) in [5.41, 5.74) is 1.25. The fourth-order valence-electron chi connectivity index (χ4n) is 3.26. The third kappa shape index (κ3) is 3.61. The Hall–Kier alpha value is -1.73. The fraction of sp³-hybridized carbons (Fsp3) is 0.688. The summed E-state index contributed by atoms with van der Waals surface area (Å²) in [4.78, 5) is 35.5. The van der Waals surface area contributed by atoms with Crippen molar-refractivity contribution in [1.29, 1.82) is 0 Å². The number of rotatable bonds is 4. The quantitative estimate of drug-likeness (QED) is 0.870. The Labute approximate surface area is 135 Å². The van der Waals surface area contributed by atoms with E-state index in [1.807, 2.05) is 0 Å². The number of aromatic nitrogens is 2. The van der Waals surface area contributed by atoms with Gasteiger partial charge in [0.1, 0.15) is 5.82 Å². The molecule has 126 valence electrons. The molecule has 1 saturated heterocycles. The molecule has 2 aliphatic heterocycles. The van der Waals surface area contributed by atoms with Crippen LogP contribution in [0.1, 0.15) is 36.8 Å². The van der Waals surface area contributed by atoms with E-state index in [-0.39, 0.29) is 11.5 Å². The summed E-state index contributed by atoms with van der Waals surface area (Å²) in [6.45, 7) is 8.16. The maximum Gasteiger partial charge on any atom is 0.256 e. The molecule has 1 unspecified atom stereocenters. The first-order chi connectivity index (χ1) is 11.0. The van der Waals surface area contributed by atoms with Crippen LogP contribution in [0.3, 0.4) is 0 Å². The predicted octanol–water partition coefficient (Wildman–Crippen LogP) is 0.421. The van der Waals surface area contributed by atoms with E-state index in [2.05, 4.69) is 21.8 Å². The summed E-state index contributed by atoms with van der Waals surface area (Å²) in [5.74, 6) is 0.698. The van der Waals surface area contributed by atoms with Gasteiger partial charge in [-0.1, -0.05) is 0 Å². The van der Waals surface area contributed by atoms with Gasteiger partial charge in [0.2, 0.25) is 5.91 Å². The lowest BCUT2D eigenvalue weighted by molar-refractivity contribution is -0.132. The summed E-state index contributed by atoms with van der Waals surface area (Å²) in [6, 6.07) is 0.372. The van der Waals surface area contributed by atoms with Crippen molar-refractivity contribution in [2.45, 2.75) is 45.8 Å². The zero-order valence-electron chi connectivity index (χ0n) is 13.8. The second-order valence-electron chi connectivity index (χ2n) is 6.36. The van der Waals surface area contributed by atoms with Crippen LogP contribution in [0.15, 0.2) is 4.79 Å². The lowest BCUT2D eigenvalue weighted by atomic mass is 10.1. The monoisotopic (exact) mass is 320 g/mol. The molecule has 1 atom stereocenters. The van der Waals surface area contributed by atoms with Crippen molar-refractivity contribution >= 4 is 5.91 Å². The largest absolute Gasteiger partial charge is 0.379 e. The fourth-order valence-corrected chi connectivity index (χ4v) is 3.26. The number of carbonyl (C=O) groups is 1. The van der Waals surface area contributed by atoms with Crippen molar-refractivity contribution in [3.05, 3.63) is 27.4 Å². The van der Waals surface area contributed by atoms with Crippen LogP contribution in [-0.4, -0.2) is 58.0 Å². The van der Waals surface area contributed by atoms with Gasteiger partial charge in [-0.25, -0.2) is 4.98 Å². The Bertz CT molecular complexity index is 637. The molecule has 1 fully saturated rings. The molecule has 1 amide bonds. The van der Waals surface area contributed by atoms with E-state index in [1.165, 1.54) is 0 Å². The van der Waals surface area contributed by atoms with E-state index in [4.69, 9.17) is 4.74 Å². The van der Waals surface area contributed by atoms with Crippen LogP contribution in [0, 0.1) is 6.92 Å². The molecule has 0 spiro atoms. The number of amides is 1. The van der Waals surface area contributed by atoms with Gasteiger partial charge in [-0.2, -0.15) is 0 Å². The molecule has 1 aromatic rings. The first kappa shape index (κ1) is 16.1. The molecule has 1 aromatic heterocycles. The predicted molar refractivity (Wildman–Crippen MR) is 84.9 cm³/mol. The van der Waals surface area contributed by atoms with Crippen molar-refractivity contribution < 1.29 is 9.53 Å². The molecule has 7 nitrogen and oxygen atoms in total. The van der Waals surface area contributed by atoms with E-state index in [0.29, 0.717) is 36.9 Å². The normalized spacial score (nSPS) is 19.7. The van der Waals surface area contributed by atoms with Gasteiger partial charge in [-0.3, -0.25) is 14.5 Å². The minimum absolute atomic E-state index is 0.0974. The third-order valence-corrected chi connectivity index (χ3v) is 4.71. The van der Waals surface area contributed by atoms with E-state index in [9.17, 15) is 9.59 Å². The summed E-state index contributed by atoms with van der Waals surface area (Å²) in [7, 11) is 0. The topological polar surface area (TPSA) is 78.5 Å². The number of morpholine rings is 1. The number of carbonyl (C=O) groups excluding carboxylic acids is 1. The van der Waals surface area contributed by atoms with E-state index < -0.39 is 0 Å². The van der Waals surface area contributed by atoms with E-state index >= 15 is 0 Å². The molecule has 0 aromatic carbocycles. The van der Waals surface area contributed by atoms with Gasteiger partial charge in [0.05, 0.1) is 37.6 Å². The highest BCUT2D eigenvalue weighted by atomic mass is 16.5. The summed E-state index contributed by atoms with van der Waals surface area (Å²) < 4.78 is 5.36. The summed E-state index contributed by atoms with van der Waals surface area (Å²) in [6.07, 6.45) is 1.33.